The Morgan fingerprint density at radius 2 is 1.96 bits per heavy atom. The highest BCUT2D eigenvalue weighted by atomic mass is 19.1. The zero-order valence-corrected chi connectivity index (χ0v) is 12.6. The number of carbonyl (C=O) groups is 1. The second-order valence-electron chi connectivity index (χ2n) is 5.53. The Bertz CT molecular complexity index is 955. The summed E-state index contributed by atoms with van der Waals surface area (Å²) in [6.07, 6.45) is 0.486. The van der Waals surface area contributed by atoms with Gasteiger partial charge in [-0.15, -0.1) is 0 Å². The molecular weight excluding hydrogens is 311 g/mol. The Hall–Kier alpha value is -3.15. The van der Waals surface area contributed by atoms with Crippen LogP contribution in [0.15, 0.2) is 42.5 Å². The van der Waals surface area contributed by atoms with E-state index in [2.05, 4.69) is 4.98 Å². The van der Waals surface area contributed by atoms with E-state index in [0.29, 0.717) is 23.4 Å². The standard InChI is InChI=1S/C18H13FN2O3/c19-12-3-1-10(2-4-12)7-11-8-14(18(20)22)21-13-5-6-15-17(16(11)13)24-9-23-15/h1-6,8H,7,9H2,(H2,20,22). The van der Waals surface area contributed by atoms with Crippen LogP contribution in [0, 0.1) is 5.82 Å². The molecule has 120 valence electrons. The van der Waals surface area contributed by atoms with Crippen molar-refractivity contribution in [2.75, 3.05) is 6.79 Å². The minimum Gasteiger partial charge on any atom is -0.454 e. The lowest BCUT2D eigenvalue weighted by Gasteiger charge is -2.11. The second-order valence-corrected chi connectivity index (χ2v) is 5.53. The monoisotopic (exact) mass is 324 g/mol. The number of hydrogen-bond acceptors (Lipinski definition) is 4. The van der Waals surface area contributed by atoms with Gasteiger partial charge in [0.25, 0.3) is 5.91 Å². The molecule has 0 bridgehead atoms. The molecule has 0 aliphatic carbocycles. The molecule has 2 N–H and O–H groups in total. The molecule has 1 amide bonds. The third-order valence-corrected chi connectivity index (χ3v) is 3.95. The van der Waals surface area contributed by atoms with Gasteiger partial charge in [-0.2, -0.15) is 0 Å². The Morgan fingerprint density at radius 3 is 2.71 bits per heavy atom. The zero-order valence-electron chi connectivity index (χ0n) is 12.6. The molecule has 5 nitrogen and oxygen atoms in total. The van der Waals surface area contributed by atoms with Crippen molar-refractivity contribution in [3.05, 3.63) is 65.1 Å². The van der Waals surface area contributed by atoms with Crippen LogP contribution in [-0.2, 0) is 6.42 Å². The number of nitrogens with two attached hydrogens (primary N) is 1. The van der Waals surface area contributed by atoms with Gasteiger partial charge in [-0.05, 0) is 47.9 Å². The fourth-order valence-corrected chi connectivity index (χ4v) is 2.85. The maximum absolute atomic E-state index is 13.1. The number of rotatable bonds is 3. The number of ether oxygens (including phenoxy) is 2. The molecule has 0 radical (unpaired) electrons. The molecule has 1 aliphatic heterocycles. The normalized spacial score (nSPS) is 12.5. The van der Waals surface area contributed by atoms with Crippen LogP contribution in [0.1, 0.15) is 21.6 Å². The summed E-state index contributed by atoms with van der Waals surface area (Å²) in [6, 6.07) is 11.4. The summed E-state index contributed by atoms with van der Waals surface area (Å²) in [5.41, 5.74) is 7.90. The number of aromatic nitrogens is 1. The van der Waals surface area contributed by atoms with Crippen molar-refractivity contribution in [1.29, 1.82) is 0 Å². The van der Waals surface area contributed by atoms with Gasteiger partial charge in [0.1, 0.15) is 11.5 Å². The average Bonchev–Trinajstić information content (AvgIpc) is 3.05. The van der Waals surface area contributed by atoms with Gasteiger partial charge in [-0.3, -0.25) is 4.79 Å². The van der Waals surface area contributed by atoms with Gasteiger partial charge in [0.15, 0.2) is 11.5 Å². The highest BCUT2D eigenvalue weighted by Crippen LogP contribution is 2.40. The van der Waals surface area contributed by atoms with E-state index >= 15 is 0 Å². The van der Waals surface area contributed by atoms with Gasteiger partial charge in [-0.25, -0.2) is 9.37 Å². The van der Waals surface area contributed by atoms with Crippen LogP contribution in [0.3, 0.4) is 0 Å². The molecule has 24 heavy (non-hydrogen) atoms. The van der Waals surface area contributed by atoms with Crippen molar-refractivity contribution >= 4 is 16.8 Å². The Balaban J connectivity index is 1.92. The highest BCUT2D eigenvalue weighted by Gasteiger charge is 2.21. The van der Waals surface area contributed by atoms with Crippen LogP contribution in [0.4, 0.5) is 4.39 Å². The molecule has 0 spiro atoms. The SMILES string of the molecule is NC(=O)c1cc(Cc2ccc(F)cc2)c2c3c(ccc2n1)OCO3. The Morgan fingerprint density at radius 1 is 1.17 bits per heavy atom. The number of benzene rings is 2. The summed E-state index contributed by atoms with van der Waals surface area (Å²) in [5.74, 6) is 0.341. The molecular formula is C18H13FN2O3. The molecule has 0 saturated carbocycles. The predicted octanol–water partition coefficient (Wildman–Crippen LogP) is 2.79. The fourth-order valence-electron chi connectivity index (χ4n) is 2.85. The maximum Gasteiger partial charge on any atom is 0.267 e. The summed E-state index contributed by atoms with van der Waals surface area (Å²) in [7, 11) is 0. The van der Waals surface area contributed by atoms with Crippen LogP contribution in [0.25, 0.3) is 10.9 Å². The summed E-state index contributed by atoms with van der Waals surface area (Å²) in [5, 5.41) is 0.777. The fraction of sp³-hybridized carbons (Fsp3) is 0.111. The summed E-state index contributed by atoms with van der Waals surface area (Å²) < 4.78 is 24.1. The molecule has 0 saturated heterocycles. The van der Waals surface area contributed by atoms with E-state index in [4.69, 9.17) is 15.2 Å². The summed E-state index contributed by atoms with van der Waals surface area (Å²) in [4.78, 5) is 15.9. The van der Waals surface area contributed by atoms with E-state index in [0.717, 1.165) is 16.5 Å². The molecule has 3 aromatic rings. The smallest absolute Gasteiger partial charge is 0.267 e. The molecule has 2 heterocycles. The van der Waals surface area contributed by atoms with Crippen LogP contribution in [0.5, 0.6) is 11.5 Å². The minimum atomic E-state index is -0.602. The zero-order chi connectivity index (χ0) is 16.7. The second kappa shape index (κ2) is 5.49. The van der Waals surface area contributed by atoms with E-state index in [1.807, 2.05) is 0 Å². The van der Waals surface area contributed by atoms with Crippen molar-refractivity contribution in [2.45, 2.75) is 6.42 Å². The molecule has 2 aromatic carbocycles. The molecule has 4 rings (SSSR count). The van der Waals surface area contributed by atoms with Crippen molar-refractivity contribution in [3.63, 3.8) is 0 Å². The number of amides is 1. The lowest BCUT2D eigenvalue weighted by molar-refractivity contribution is 0.0996. The van der Waals surface area contributed by atoms with E-state index < -0.39 is 5.91 Å². The van der Waals surface area contributed by atoms with Crippen molar-refractivity contribution in [3.8, 4) is 11.5 Å². The lowest BCUT2D eigenvalue weighted by atomic mass is 9.99. The lowest BCUT2D eigenvalue weighted by Crippen LogP contribution is -2.14. The third kappa shape index (κ3) is 2.42. The van der Waals surface area contributed by atoms with Crippen LogP contribution < -0.4 is 15.2 Å². The van der Waals surface area contributed by atoms with E-state index in [1.54, 1.807) is 30.3 Å². The predicted molar refractivity (Wildman–Crippen MR) is 85.6 cm³/mol. The average molecular weight is 324 g/mol. The van der Waals surface area contributed by atoms with E-state index in [1.165, 1.54) is 12.1 Å². The Kier molecular flexibility index (Phi) is 3.30. The van der Waals surface area contributed by atoms with Gasteiger partial charge in [0, 0.05) is 5.39 Å². The van der Waals surface area contributed by atoms with Gasteiger partial charge in [0.05, 0.1) is 5.52 Å². The quantitative estimate of drug-likeness (QED) is 0.804. The number of hydrogen-bond donors (Lipinski definition) is 1. The van der Waals surface area contributed by atoms with Crippen LogP contribution in [-0.4, -0.2) is 17.7 Å². The van der Waals surface area contributed by atoms with Crippen LogP contribution in [0.2, 0.25) is 0 Å². The van der Waals surface area contributed by atoms with Gasteiger partial charge in [-0.1, -0.05) is 12.1 Å². The molecule has 1 aliphatic rings. The van der Waals surface area contributed by atoms with Gasteiger partial charge >= 0.3 is 0 Å². The molecule has 0 fully saturated rings. The van der Waals surface area contributed by atoms with E-state index in [-0.39, 0.29) is 18.3 Å². The number of nitrogens with zero attached hydrogens (tertiary/aromatic N) is 1. The third-order valence-electron chi connectivity index (χ3n) is 3.95. The topological polar surface area (TPSA) is 74.4 Å². The minimum absolute atomic E-state index is 0.141. The number of carbonyl (C=O) groups excluding carboxylic acids is 1. The maximum atomic E-state index is 13.1. The molecule has 6 heteroatoms. The molecule has 0 unspecified atom stereocenters. The molecule has 1 aromatic heterocycles. The Labute approximate surface area is 136 Å². The van der Waals surface area contributed by atoms with Crippen molar-refractivity contribution < 1.29 is 18.7 Å². The van der Waals surface area contributed by atoms with E-state index in [9.17, 15) is 9.18 Å². The number of primary amides is 1. The van der Waals surface area contributed by atoms with Crippen molar-refractivity contribution in [2.24, 2.45) is 5.73 Å². The van der Waals surface area contributed by atoms with Crippen LogP contribution >= 0.6 is 0 Å². The summed E-state index contributed by atoms with van der Waals surface area (Å²) in [6.45, 7) is 0.141. The largest absolute Gasteiger partial charge is 0.454 e. The van der Waals surface area contributed by atoms with Gasteiger partial charge in [0.2, 0.25) is 6.79 Å². The first-order valence-electron chi connectivity index (χ1n) is 7.38. The molecule has 0 atom stereocenters. The first kappa shape index (κ1) is 14.4. The highest BCUT2D eigenvalue weighted by molar-refractivity contribution is 5.97. The number of pyridine rings is 1. The number of fused-ring (bicyclic) bond motifs is 3. The van der Waals surface area contributed by atoms with Gasteiger partial charge < -0.3 is 15.2 Å². The first-order chi connectivity index (χ1) is 11.6. The van der Waals surface area contributed by atoms with Crippen molar-refractivity contribution in [1.82, 2.24) is 4.98 Å². The first-order valence-corrected chi connectivity index (χ1v) is 7.38. The number of halogens is 1. The summed E-state index contributed by atoms with van der Waals surface area (Å²) >= 11 is 0.